The number of nitrogens with one attached hydrogen (secondary N) is 2. The number of allylic oxidation sites excluding steroid dienone is 2. The van der Waals surface area contributed by atoms with E-state index < -0.39 is 0 Å². The fourth-order valence-corrected chi connectivity index (χ4v) is 4.59. The highest BCUT2D eigenvalue weighted by Crippen LogP contribution is 2.41. The Morgan fingerprint density at radius 1 is 1.09 bits per heavy atom. The van der Waals surface area contributed by atoms with Crippen LogP contribution in [0.1, 0.15) is 57.9 Å². The molecule has 0 fully saturated rings. The lowest BCUT2D eigenvalue weighted by atomic mass is 9.85. The monoisotopic (exact) mass is 426 g/mol. The van der Waals surface area contributed by atoms with Gasteiger partial charge < -0.3 is 10.6 Å². The summed E-state index contributed by atoms with van der Waals surface area (Å²) in [6.45, 7) is 6.10. The predicted molar refractivity (Wildman–Crippen MR) is 125 cm³/mol. The molecule has 1 aromatic heterocycles. The first kappa shape index (κ1) is 20.2. The first-order valence-electron chi connectivity index (χ1n) is 11.0. The zero-order chi connectivity index (χ0) is 22.4. The van der Waals surface area contributed by atoms with Crippen molar-refractivity contribution in [1.82, 2.24) is 9.78 Å². The minimum absolute atomic E-state index is 0.146. The summed E-state index contributed by atoms with van der Waals surface area (Å²) < 4.78 is 1.78. The molecule has 5 rings (SSSR count). The number of carbonyl (C=O) groups is 2. The lowest BCUT2D eigenvalue weighted by Gasteiger charge is -2.33. The zero-order valence-corrected chi connectivity index (χ0v) is 18.5. The van der Waals surface area contributed by atoms with Gasteiger partial charge in [-0.05, 0) is 62.4 Å². The van der Waals surface area contributed by atoms with E-state index in [1.54, 1.807) is 10.9 Å². The number of Topliss-reactive ketones (excluding diaryl/α,β-unsaturated/α-hetero) is 1. The number of hydrogen-bond donors (Lipinski definition) is 2. The Labute approximate surface area is 187 Å². The van der Waals surface area contributed by atoms with E-state index >= 15 is 0 Å². The largest absolute Gasteiger partial charge is 0.343 e. The van der Waals surface area contributed by atoms with Gasteiger partial charge >= 0.3 is 0 Å². The lowest BCUT2D eigenvalue weighted by molar-refractivity contribution is -0.116. The maximum absolute atomic E-state index is 13.2. The van der Waals surface area contributed by atoms with Crippen molar-refractivity contribution in [2.24, 2.45) is 0 Å². The minimum Gasteiger partial charge on any atom is -0.343 e. The molecule has 2 aromatic carbocycles. The fraction of sp³-hybridized carbons (Fsp3) is 0.269. The summed E-state index contributed by atoms with van der Waals surface area (Å²) in [4.78, 5) is 26.1. The van der Waals surface area contributed by atoms with Crippen LogP contribution in [0.2, 0.25) is 0 Å². The minimum atomic E-state index is -0.336. The van der Waals surface area contributed by atoms with Crippen LogP contribution in [0.4, 0.5) is 11.5 Å². The molecule has 0 saturated carbocycles. The Morgan fingerprint density at radius 3 is 2.72 bits per heavy atom. The molecule has 6 heteroatoms. The van der Waals surface area contributed by atoms with Crippen molar-refractivity contribution in [2.45, 2.75) is 46.1 Å². The summed E-state index contributed by atoms with van der Waals surface area (Å²) in [6.07, 6.45) is 3.72. The molecule has 2 aliphatic rings. The van der Waals surface area contributed by atoms with Gasteiger partial charge in [0.25, 0.3) is 5.91 Å². The van der Waals surface area contributed by atoms with Crippen molar-refractivity contribution in [3.63, 3.8) is 0 Å². The molecule has 0 unspecified atom stereocenters. The quantitative estimate of drug-likeness (QED) is 0.612. The van der Waals surface area contributed by atoms with Gasteiger partial charge in [-0.1, -0.05) is 35.9 Å². The van der Waals surface area contributed by atoms with Crippen molar-refractivity contribution >= 4 is 23.2 Å². The van der Waals surface area contributed by atoms with Gasteiger partial charge in [0.1, 0.15) is 17.4 Å². The van der Waals surface area contributed by atoms with E-state index in [1.807, 2.05) is 57.2 Å². The smallest absolute Gasteiger partial charge is 0.261 e. The summed E-state index contributed by atoms with van der Waals surface area (Å²) in [6, 6.07) is 13.7. The van der Waals surface area contributed by atoms with Crippen LogP contribution in [-0.2, 0) is 4.79 Å². The van der Waals surface area contributed by atoms with Crippen molar-refractivity contribution in [2.75, 3.05) is 10.6 Å². The molecule has 1 amide bonds. The van der Waals surface area contributed by atoms with E-state index in [2.05, 4.69) is 21.8 Å². The second kappa shape index (κ2) is 7.79. The van der Waals surface area contributed by atoms with Gasteiger partial charge in [0, 0.05) is 23.4 Å². The van der Waals surface area contributed by atoms with E-state index in [0.29, 0.717) is 17.8 Å². The van der Waals surface area contributed by atoms with Crippen LogP contribution in [0.25, 0.3) is 0 Å². The SMILES string of the molecule is Cc1cccc([C@@H]2C3=C(CCCC3=O)Nc3c(C(=O)Nc4ccc(C)c(C)c4)cnn32)c1. The first-order chi connectivity index (χ1) is 15.4. The lowest BCUT2D eigenvalue weighted by Crippen LogP contribution is -2.32. The Morgan fingerprint density at radius 2 is 1.94 bits per heavy atom. The third-order valence-corrected chi connectivity index (χ3v) is 6.41. The maximum Gasteiger partial charge on any atom is 0.261 e. The van der Waals surface area contributed by atoms with Crippen molar-refractivity contribution in [1.29, 1.82) is 0 Å². The molecular weight excluding hydrogens is 400 g/mol. The topological polar surface area (TPSA) is 76.0 Å². The van der Waals surface area contributed by atoms with Crippen molar-refractivity contribution in [3.05, 3.63) is 87.7 Å². The second-order valence-electron chi connectivity index (χ2n) is 8.72. The molecule has 0 saturated heterocycles. The molecule has 0 spiro atoms. The molecule has 2 N–H and O–H groups in total. The number of anilines is 2. The molecule has 0 radical (unpaired) electrons. The highest BCUT2D eigenvalue weighted by Gasteiger charge is 2.37. The maximum atomic E-state index is 13.2. The average Bonchev–Trinajstić information content (AvgIpc) is 3.19. The van der Waals surface area contributed by atoms with E-state index in [9.17, 15) is 9.59 Å². The molecule has 0 bridgehead atoms. The third kappa shape index (κ3) is 3.42. The molecule has 3 aromatic rings. The van der Waals surface area contributed by atoms with Crippen LogP contribution in [0, 0.1) is 20.8 Å². The Balaban J connectivity index is 1.56. The van der Waals surface area contributed by atoms with E-state index in [0.717, 1.165) is 46.5 Å². The normalized spacial score (nSPS) is 17.5. The van der Waals surface area contributed by atoms with Gasteiger partial charge in [0.15, 0.2) is 5.78 Å². The summed E-state index contributed by atoms with van der Waals surface area (Å²) in [5, 5.41) is 10.9. The second-order valence-corrected chi connectivity index (χ2v) is 8.72. The Bertz CT molecular complexity index is 1280. The van der Waals surface area contributed by atoms with Gasteiger partial charge in [-0.2, -0.15) is 5.10 Å². The number of ketones is 1. The first-order valence-corrected chi connectivity index (χ1v) is 11.0. The standard InChI is InChI=1S/C26H26N4O2/c1-15-6-4-7-18(12-15)24-23-21(8-5-9-22(23)31)29-25-20(14-27-30(24)25)26(32)28-19-11-10-16(2)17(3)13-19/h4,6-7,10-14,24,29H,5,8-9H2,1-3H3,(H,28,32)/t24-/m1/s1. The molecule has 1 aliphatic carbocycles. The highest BCUT2D eigenvalue weighted by molar-refractivity contribution is 6.08. The number of fused-ring (bicyclic) bond motifs is 1. The van der Waals surface area contributed by atoms with Crippen LogP contribution in [0.15, 0.2) is 59.9 Å². The number of aryl methyl sites for hydroxylation is 3. The van der Waals surface area contributed by atoms with Gasteiger partial charge in [-0.3, -0.25) is 9.59 Å². The van der Waals surface area contributed by atoms with Gasteiger partial charge in [-0.15, -0.1) is 0 Å². The van der Waals surface area contributed by atoms with E-state index in [-0.39, 0.29) is 17.7 Å². The Kier molecular flexibility index (Phi) is 4.93. The van der Waals surface area contributed by atoms with Crippen LogP contribution in [0.3, 0.4) is 0 Å². The number of hydrogen-bond acceptors (Lipinski definition) is 4. The van der Waals surface area contributed by atoms with Gasteiger partial charge in [0.05, 0.1) is 6.20 Å². The Hall–Kier alpha value is -3.67. The summed E-state index contributed by atoms with van der Waals surface area (Å²) in [5.41, 5.74) is 7.29. The fourth-order valence-electron chi connectivity index (χ4n) is 4.59. The summed E-state index contributed by atoms with van der Waals surface area (Å²) in [5.74, 6) is 0.551. The predicted octanol–water partition coefficient (Wildman–Crippen LogP) is 5.08. The number of benzene rings is 2. The van der Waals surface area contributed by atoms with Crippen LogP contribution < -0.4 is 10.6 Å². The van der Waals surface area contributed by atoms with Crippen molar-refractivity contribution < 1.29 is 9.59 Å². The molecule has 1 aliphatic heterocycles. The molecule has 1 atom stereocenters. The van der Waals surface area contributed by atoms with Crippen LogP contribution in [-0.4, -0.2) is 21.5 Å². The summed E-state index contributed by atoms with van der Waals surface area (Å²) >= 11 is 0. The number of rotatable bonds is 3. The van der Waals surface area contributed by atoms with E-state index in [4.69, 9.17) is 0 Å². The van der Waals surface area contributed by atoms with Crippen molar-refractivity contribution in [3.8, 4) is 0 Å². The highest BCUT2D eigenvalue weighted by atomic mass is 16.1. The van der Waals surface area contributed by atoms with Crippen LogP contribution in [0.5, 0.6) is 0 Å². The number of aromatic nitrogens is 2. The summed E-state index contributed by atoms with van der Waals surface area (Å²) in [7, 11) is 0. The molecule has 2 heterocycles. The number of amides is 1. The number of carbonyl (C=O) groups excluding carboxylic acids is 2. The van der Waals surface area contributed by atoms with Gasteiger partial charge in [-0.25, -0.2) is 4.68 Å². The zero-order valence-electron chi connectivity index (χ0n) is 18.5. The molecular formula is C26H26N4O2. The molecule has 6 nitrogen and oxygen atoms in total. The average molecular weight is 427 g/mol. The van der Waals surface area contributed by atoms with Crippen LogP contribution >= 0.6 is 0 Å². The van der Waals surface area contributed by atoms with Gasteiger partial charge in [0.2, 0.25) is 0 Å². The molecule has 32 heavy (non-hydrogen) atoms. The third-order valence-electron chi connectivity index (χ3n) is 6.41. The molecule has 162 valence electrons. The van der Waals surface area contributed by atoms with E-state index in [1.165, 1.54) is 5.56 Å². The number of nitrogens with zero attached hydrogens (tertiary/aromatic N) is 2.